The fraction of sp³-hybridized carbons (Fsp3) is 0.263. The van der Waals surface area contributed by atoms with Gasteiger partial charge >= 0.3 is 0 Å². The Morgan fingerprint density at radius 2 is 1.88 bits per heavy atom. The lowest BCUT2D eigenvalue weighted by atomic mass is 10.00. The van der Waals surface area contributed by atoms with E-state index in [1.54, 1.807) is 6.20 Å². The van der Waals surface area contributed by atoms with Gasteiger partial charge in [-0.2, -0.15) is 0 Å². The molecule has 3 aromatic rings. The van der Waals surface area contributed by atoms with E-state index < -0.39 is 0 Å². The molecule has 4 rings (SSSR count). The summed E-state index contributed by atoms with van der Waals surface area (Å²) in [5.74, 6) is 0.449. The van der Waals surface area contributed by atoms with Gasteiger partial charge in [0.1, 0.15) is 0 Å². The molecular formula is C19H21Cl2N3O. The van der Waals surface area contributed by atoms with E-state index in [0.717, 1.165) is 34.5 Å². The summed E-state index contributed by atoms with van der Waals surface area (Å²) in [6, 6.07) is 14.0. The van der Waals surface area contributed by atoms with Crippen LogP contribution in [-0.2, 0) is 0 Å². The molecule has 1 amide bonds. The van der Waals surface area contributed by atoms with Crippen LogP contribution >= 0.6 is 24.8 Å². The van der Waals surface area contributed by atoms with Crippen LogP contribution in [0.5, 0.6) is 0 Å². The highest BCUT2D eigenvalue weighted by molar-refractivity contribution is 6.15. The highest BCUT2D eigenvalue weighted by Crippen LogP contribution is 2.33. The molecule has 0 aliphatic heterocycles. The summed E-state index contributed by atoms with van der Waals surface area (Å²) in [4.78, 5) is 17.3. The number of rotatable bonds is 4. The molecule has 3 N–H and O–H groups in total. The Bertz CT molecular complexity index is 896. The van der Waals surface area contributed by atoms with Crippen molar-refractivity contribution in [1.82, 2.24) is 10.3 Å². The summed E-state index contributed by atoms with van der Waals surface area (Å²) < 4.78 is 0. The molecule has 25 heavy (non-hydrogen) atoms. The molecule has 6 heteroatoms. The van der Waals surface area contributed by atoms with Gasteiger partial charge in [-0.25, -0.2) is 0 Å². The van der Waals surface area contributed by atoms with Crippen LogP contribution in [0.2, 0.25) is 0 Å². The number of hydrogen-bond donors (Lipinski definition) is 2. The normalized spacial score (nSPS) is 14.4. The van der Waals surface area contributed by atoms with Gasteiger partial charge in [-0.05, 0) is 41.7 Å². The average Bonchev–Trinajstić information content (AvgIpc) is 3.43. The summed E-state index contributed by atoms with van der Waals surface area (Å²) >= 11 is 0. The molecule has 1 heterocycles. The number of aromatic nitrogens is 1. The highest BCUT2D eigenvalue weighted by atomic mass is 35.5. The third kappa shape index (κ3) is 3.71. The Hall–Kier alpha value is -1.88. The largest absolute Gasteiger partial charge is 0.348 e. The Balaban J connectivity index is 0.00000113. The zero-order chi connectivity index (χ0) is 15.8. The third-order valence-corrected chi connectivity index (χ3v) is 4.62. The molecule has 0 bridgehead atoms. The first-order chi connectivity index (χ1) is 11.3. The first-order valence-electron chi connectivity index (χ1n) is 8.05. The molecule has 1 fully saturated rings. The number of nitrogens with zero attached hydrogens (tertiary/aromatic N) is 1. The molecule has 0 radical (unpaired) electrons. The molecule has 132 valence electrons. The van der Waals surface area contributed by atoms with Gasteiger partial charge in [0.05, 0.1) is 11.1 Å². The molecule has 1 aliphatic carbocycles. The van der Waals surface area contributed by atoms with Gasteiger partial charge < -0.3 is 11.1 Å². The van der Waals surface area contributed by atoms with Crippen LogP contribution in [0.25, 0.3) is 21.7 Å². The molecule has 1 saturated carbocycles. The maximum atomic E-state index is 12.8. The fourth-order valence-corrected chi connectivity index (χ4v) is 3.22. The van der Waals surface area contributed by atoms with Crippen molar-refractivity contribution in [3.8, 4) is 0 Å². The highest BCUT2D eigenvalue weighted by Gasteiger charge is 2.31. The molecule has 0 saturated heterocycles. The van der Waals surface area contributed by atoms with E-state index in [4.69, 9.17) is 5.73 Å². The lowest BCUT2D eigenvalue weighted by Gasteiger charge is -2.17. The third-order valence-electron chi connectivity index (χ3n) is 4.62. The monoisotopic (exact) mass is 377 g/mol. The van der Waals surface area contributed by atoms with Crippen molar-refractivity contribution in [2.24, 2.45) is 11.7 Å². The van der Waals surface area contributed by atoms with Crippen molar-refractivity contribution in [3.63, 3.8) is 0 Å². The topological polar surface area (TPSA) is 68.0 Å². The van der Waals surface area contributed by atoms with Crippen molar-refractivity contribution in [2.75, 3.05) is 6.54 Å². The smallest absolute Gasteiger partial charge is 0.253 e. The second-order valence-corrected chi connectivity index (χ2v) is 6.20. The summed E-state index contributed by atoms with van der Waals surface area (Å²) in [6.07, 6.45) is 4.03. The molecule has 0 spiro atoms. The number of carbonyl (C=O) groups is 1. The number of amides is 1. The van der Waals surface area contributed by atoms with Gasteiger partial charge in [-0.15, -0.1) is 24.8 Å². The van der Waals surface area contributed by atoms with E-state index in [1.165, 1.54) is 0 Å². The van der Waals surface area contributed by atoms with Crippen LogP contribution in [0, 0.1) is 5.92 Å². The van der Waals surface area contributed by atoms with E-state index in [9.17, 15) is 4.79 Å². The van der Waals surface area contributed by atoms with Gasteiger partial charge in [0.25, 0.3) is 5.91 Å². The molecule has 1 atom stereocenters. The van der Waals surface area contributed by atoms with Crippen molar-refractivity contribution in [1.29, 1.82) is 0 Å². The summed E-state index contributed by atoms with van der Waals surface area (Å²) in [7, 11) is 0. The van der Waals surface area contributed by atoms with E-state index in [1.807, 2.05) is 36.4 Å². The standard InChI is InChI=1S/C19H19N3O.2ClH/c20-11-17(12-7-8-12)22-19(23)16-10-13-4-1-2-5-14(13)15-6-3-9-21-18(15)16;;/h1-6,9-10,12,17H,7-8,11,20H2,(H,22,23);2*1H. The van der Waals surface area contributed by atoms with Gasteiger partial charge in [-0.3, -0.25) is 9.78 Å². The SMILES string of the molecule is Cl.Cl.NCC(NC(=O)c1cc2ccccc2c2cccnc12)C1CC1. The van der Waals surface area contributed by atoms with Crippen LogP contribution in [-0.4, -0.2) is 23.5 Å². The number of nitrogens with one attached hydrogen (secondary N) is 1. The predicted molar refractivity (Wildman–Crippen MR) is 107 cm³/mol. The number of benzene rings is 2. The minimum atomic E-state index is -0.0817. The van der Waals surface area contributed by atoms with Crippen molar-refractivity contribution < 1.29 is 4.79 Å². The average molecular weight is 378 g/mol. The first-order valence-corrected chi connectivity index (χ1v) is 8.05. The molecular weight excluding hydrogens is 357 g/mol. The van der Waals surface area contributed by atoms with Crippen molar-refractivity contribution in [3.05, 3.63) is 54.2 Å². The maximum Gasteiger partial charge on any atom is 0.253 e. The molecule has 1 aromatic heterocycles. The maximum absolute atomic E-state index is 12.8. The lowest BCUT2D eigenvalue weighted by molar-refractivity contribution is 0.0935. The Morgan fingerprint density at radius 1 is 1.16 bits per heavy atom. The van der Waals surface area contributed by atoms with E-state index in [-0.39, 0.29) is 36.8 Å². The Morgan fingerprint density at radius 3 is 2.60 bits per heavy atom. The molecule has 4 nitrogen and oxygen atoms in total. The van der Waals surface area contributed by atoms with Crippen LogP contribution in [0.3, 0.4) is 0 Å². The Kier molecular flexibility index (Phi) is 6.22. The summed E-state index contributed by atoms with van der Waals surface area (Å²) in [5, 5.41) is 6.27. The number of hydrogen-bond acceptors (Lipinski definition) is 3. The van der Waals surface area contributed by atoms with E-state index >= 15 is 0 Å². The molecule has 1 unspecified atom stereocenters. The van der Waals surface area contributed by atoms with Crippen molar-refractivity contribution in [2.45, 2.75) is 18.9 Å². The minimum absolute atomic E-state index is 0. The minimum Gasteiger partial charge on any atom is -0.348 e. The predicted octanol–water partition coefficient (Wildman–Crippen LogP) is 3.70. The quantitative estimate of drug-likeness (QED) is 0.681. The van der Waals surface area contributed by atoms with Crippen molar-refractivity contribution >= 4 is 52.4 Å². The van der Waals surface area contributed by atoms with E-state index in [2.05, 4.69) is 16.4 Å². The number of halogens is 2. The zero-order valence-corrected chi connectivity index (χ0v) is 15.3. The Labute approximate surface area is 159 Å². The summed E-state index contributed by atoms with van der Waals surface area (Å²) in [6.45, 7) is 0.481. The number of carbonyl (C=O) groups excluding carboxylic acids is 1. The van der Waals surface area contributed by atoms with Crippen LogP contribution in [0.1, 0.15) is 23.2 Å². The zero-order valence-electron chi connectivity index (χ0n) is 13.6. The molecule has 1 aliphatic rings. The van der Waals surface area contributed by atoms with Gasteiger partial charge in [0.15, 0.2) is 0 Å². The fourth-order valence-electron chi connectivity index (χ4n) is 3.22. The summed E-state index contributed by atoms with van der Waals surface area (Å²) in [5.41, 5.74) is 7.18. The second kappa shape index (κ2) is 8.00. The van der Waals surface area contributed by atoms with Crippen LogP contribution in [0.4, 0.5) is 0 Å². The number of pyridine rings is 1. The van der Waals surface area contributed by atoms with Crippen LogP contribution < -0.4 is 11.1 Å². The molecule has 2 aromatic carbocycles. The van der Waals surface area contributed by atoms with Crippen LogP contribution in [0.15, 0.2) is 48.7 Å². The van der Waals surface area contributed by atoms with Gasteiger partial charge in [0.2, 0.25) is 0 Å². The second-order valence-electron chi connectivity index (χ2n) is 6.20. The van der Waals surface area contributed by atoms with Gasteiger partial charge in [0, 0.05) is 24.2 Å². The number of nitrogens with two attached hydrogens (primary N) is 1. The number of fused-ring (bicyclic) bond motifs is 3. The van der Waals surface area contributed by atoms with E-state index in [0.29, 0.717) is 18.0 Å². The lowest BCUT2D eigenvalue weighted by Crippen LogP contribution is -2.41. The van der Waals surface area contributed by atoms with Gasteiger partial charge in [-0.1, -0.05) is 30.3 Å². The first kappa shape index (κ1) is 19.4.